The first-order valence-corrected chi connectivity index (χ1v) is 13.2. The molecular formula is C15H21F2NO12S3. The number of sulfonamides is 1. The van der Waals surface area contributed by atoms with Crippen LogP contribution >= 0.6 is 0 Å². The molecular weight excluding hydrogens is 520 g/mol. The molecule has 1 atom stereocenters. The van der Waals surface area contributed by atoms with E-state index in [9.17, 15) is 43.9 Å². The third kappa shape index (κ3) is 9.82. The number of carbonyl (C=O) groups excluding carboxylic acids is 1. The first-order valence-electron chi connectivity index (χ1n) is 8.47. The number of alkyl halides is 2. The van der Waals surface area contributed by atoms with Crippen LogP contribution in [0.25, 0.3) is 0 Å². The fourth-order valence-electron chi connectivity index (χ4n) is 1.94. The van der Waals surface area contributed by atoms with Crippen LogP contribution in [0.4, 0.5) is 8.78 Å². The second-order valence-corrected chi connectivity index (χ2v) is 12.3. The standard InChI is InChI=1S/C15H21F2NO12S3/c1-14(2,3)29-13(20)10-5-9(12(19)28-8-15(16,17)32(23,24)25)6-11(7-10)30-33(26,27)18-31(4,21)22/h5-7,12,18-19H,8H2,1-4H3,(H,23,24,25). The van der Waals surface area contributed by atoms with Crippen LogP contribution in [-0.4, -0.2) is 64.6 Å². The van der Waals surface area contributed by atoms with Crippen molar-refractivity contribution < 1.29 is 62.1 Å². The van der Waals surface area contributed by atoms with Crippen LogP contribution < -0.4 is 8.31 Å². The van der Waals surface area contributed by atoms with Crippen molar-refractivity contribution in [3.8, 4) is 5.75 Å². The fraction of sp³-hybridized carbons (Fsp3) is 0.533. The highest BCUT2D eigenvalue weighted by atomic mass is 32.3. The molecule has 0 fully saturated rings. The van der Waals surface area contributed by atoms with Crippen molar-refractivity contribution in [2.75, 3.05) is 12.9 Å². The molecule has 190 valence electrons. The Bertz CT molecular complexity index is 1210. The number of ether oxygens (including phenoxy) is 2. The van der Waals surface area contributed by atoms with E-state index in [0.29, 0.717) is 12.3 Å². The van der Waals surface area contributed by atoms with Crippen molar-refractivity contribution in [3.05, 3.63) is 29.3 Å². The first kappa shape index (κ1) is 29.1. The molecule has 1 rings (SSSR count). The minimum absolute atomic E-state index is 0.476. The SMILES string of the molecule is CC(C)(C)OC(=O)c1cc(OS(=O)(=O)NS(C)(=O)=O)cc(C(O)OCC(F)(F)S(=O)(=O)O)c1. The Kier molecular flexibility index (Phi) is 8.57. The molecule has 0 amide bonds. The number of hydrogen-bond acceptors (Lipinski definition) is 11. The molecule has 0 aromatic heterocycles. The van der Waals surface area contributed by atoms with E-state index in [1.165, 1.54) is 20.8 Å². The second kappa shape index (κ2) is 9.72. The highest BCUT2D eigenvalue weighted by molar-refractivity contribution is 8.02. The van der Waals surface area contributed by atoms with E-state index in [1.807, 2.05) is 0 Å². The maximum Gasteiger partial charge on any atom is 0.395 e. The Labute approximate surface area is 188 Å². The summed E-state index contributed by atoms with van der Waals surface area (Å²) in [6.45, 7) is 2.44. The maximum atomic E-state index is 13.3. The molecule has 1 aromatic rings. The van der Waals surface area contributed by atoms with E-state index in [1.54, 1.807) is 0 Å². The quantitative estimate of drug-likeness (QED) is 0.208. The van der Waals surface area contributed by atoms with Gasteiger partial charge in [0.05, 0.1) is 11.8 Å². The van der Waals surface area contributed by atoms with Gasteiger partial charge in [0, 0.05) is 5.56 Å². The average molecular weight is 542 g/mol. The third-order valence-corrected chi connectivity index (χ3v) is 6.41. The molecule has 1 unspecified atom stereocenters. The summed E-state index contributed by atoms with van der Waals surface area (Å²) in [4.78, 5) is 12.3. The predicted octanol–water partition coefficient (Wildman–Crippen LogP) is 0.303. The number of aliphatic hydroxyl groups is 1. The van der Waals surface area contributed by atoms with Gasteiger partial charge in [-0.2, -0.15) is 25.6 Å². The summed E-state index contributed by atoms with van der Waals surface area (Å²) in [5.41, 5.74) is -2.10. The molecule has 0 aliphatic rings. The van der Waals surface area contributed by atoms with Crippen LogP contribution in [0.1, 0.15) is 43.0 Å². The van der Waals surface area contributed by atoms with Gasteiger partial charge in [-0.15, -0.1) is 0 Å². The van der Waals surface area contributed by atoms with Crippen molar-refractivity contribution >= 4 is 36.4 Å². The zero-order valence-corrected chi connectivity index (χ0v) is 19.9. The predicted molar refractivity (Wildman–Crippen MR) is 107 cm³/mol. The monoisotopic (exact) mass is 541 g/mol. The smallest absolute Gasteiger partial charge is 0.395 e. The van der Waals surface area contributed by atoms with Gasteiger partial charge in [0.25, 0.3) is 0 Å². The van der Waals surface area contributed by atoms with E-state index < -0.39 is 77.0 Å². The molecule has 3 N–H and O–H groups in total. The Hall–Kier alpha value is -1.96. The van der Waals surface area contributed by atoms with Crippen LogP contribution in [0.15, 0.2) is 18.2 Å². The summed E-state index contributed by atoms with van der Waals surface area (Å²) in [7, 11) is -15.2. The number of esters is 1. The Balaban J connectivity index is 3.37. The van der Waals surface area contributed by atoms with Crippen molar-refractivity contribution in [2.45, 2.75) is 37.9 Å². The Morgan fingerprint density at radius 3 is 2.09 bits per heavy atom. The first-order chi connectivity index (χ1) is 14.5. The lowest BCUT2D eigenvalue weighted by atomic mass is 10.1. The number of halogens is 2. The number of carbonyl (C=O) groups is 1. The molecule has 0 bridgehead atoms. The molecule has 0 saturated heterocycles. The van der Waals surface area contributed by atoms with Gasteiger partial charge in [-0.3, -0.25) is 4.55 Å². The van der Waals surface area contributed by atoms with Gasteiger partial charge >= 0.3 is 31.6 Å². The number of nitrogens with one attached hydrogen (secondary N) is 1. The third-order valence-electron chi connectivity index (χ3n) is 3.09. The molecule has 18 heteroatoms. The van der Waals surface area contributed by atoms with Gasteiger partial charge < -0.3 is 18.8 Å². The van der Waals surface area contributed by atoms with Crippen LogP contribution in [-0.2, 0) is 39.9 Å². The summed E-state index contributed by atoms with van der Waals surface area (Å²) < 4.78 is 118. The van der Waals surface area contributed by atoms with Crippen LogP contribution in [0.5, 0.6) is 5.75 Å². The number of benzene rings is 1. The summed E-state index contributed by atoms with van der Waals surface area (Å²) in [6, 6.07) is 2.28. The minimum atomic E-state index is -5.88. The van der Waals surface area contributed by atoms with Gasteiger partial charge in [-0.1, -0.05) is 4.13 Å². The van der Waals surface area contributed by atoms with Crippen molar-refractivity contribution in [2.24, 2.45) is 0 Å². The Morgan fingerprint density at radius 2 is 1.64 bits per heavy atom. The van der Waals surface area contributed by atoms with Gasteiger partial charge in [-0.05, 0) is 39.0 Å². The lowest BCUT2D eigenvalue weighted by Gasteiger charge is -2.21. The highest BCUT2D eigenvalue weighted by Gasteiger charge is 2.45. The van der Waals surface area contributed by atoms with Crippen LogP contribution in [0.2, 0.25) is 0 Å². The lowest BCUT2D eigenvalue weighted by molar-refractivity contribution is -0.142. The molecule has 1 aromatic carbocycles. The molecule has 0 saturated carbocycles. The fourth-order valence-corrected chi connectivity index (χ4v) is 4.13. The normalized spacial score (nSPS) is 14.5. The lowest BCUT2D eigenvalue weighted by Crippen LogP contribution is -2.34. The van der Waals surface area contributed by atoms with E-state index in [-0.39, 0.29) is 0 Å². The van der Waals surface area contributed by atoms with Gasteiger partial charge in [0.15, 0.2) is 6.29 Å². The summed E-state index contributed by atoms with van der Waals surface area (Å²) in [5.74, 6) is -1.85. The maximum absolute atomic E-state index is 13.3. The highest BCUT2D eigenvalue weighted by Crippen LogP contribution is 2.28. The van der Waals surface area contributed by atoms with Gasteiger partial charge in [0.2, 0.25) is 10.0 Å². The second-order valence-electron chi connectivity index (χ2n) is 7.46. The van der Waals surface area contributed by atoms with E-state index >= 15 is 0 Å². The molecule has 13 nitrogen and oxygen atoms in total. The topological polar surface area (TPSA) is 200 Å². The largest absolute Gasteiger partial charge is 0.456 e. The van der Waals surface area contributed by atoms with Crippen molar-refractivity contribution in [3.63, 3.8) is 0 Å². The van der Waals surface area contributed by atoms with Gasteiger partial charge in [-0.25, -0.2) is 13.2 Å². The molecule has 33 heavy (non-hydrogen) atoms. The van der Waals surface area contributed by atoms with E-state index in [2.05, 4.69) is 8.92 Å². The molecule has 0 radical (unpaired) electrons. The Morgan fingerprint density at radius 1 is 1.09 bits per heavy atom. The molecule has 0 spiro atoms. The minimum Gasteiger partial charge on any atom is -0.456 e. The molecule has 0 aliphatic carbocycles. The zero-order chi connectivity index (χ0) is 26.0. The van der Waals surface area contributed by atoms with Crippen molar-refractivity contribution in [1.29, 1.82) is 0 Å². The van der Waals surface area contributed by atoms with Crippen LogP contribution in [0.3, 0.4) is 0 Å². The van der Waals surface area contributed by atoms with E-state index in [0.717, 1.165) is 16.3 Å². The van der Waals surface area contributed by atoms with Gasteiger partial charge in [0.1, 0.15) is 18.0 Å². The number of aliphatic hydroxyl groups excluding tert-OH is 1. The molecule has 0 aliphatic heterocycles. The summed E-state index contributed by atoms with van der Waals surface area (Å²) in [5, 5.41) is 5.19. The van der Waals surface area contributed by atoms with Crippen molar-refractivity contribution in [1.82, 2.24) is 4.13 Å². The number of hydrogen-bond donors (Lipinski definition) is 3. The average Bonchev–Trinajstić information content (AvgIpc) is 2.54. The summed E-state index contributed by atoms with van der Waals surface area (Å²) in [6.07, 6.45) is -1.88. The molecule has 0 heterocycles. The zero-order valence-electron chi connectivity index (χ0n) is 17.5. The summed E-state index contributed by atoms with van der Waals surface area (Å²) >= 11 is 0. The van der Waals surface area contributed by atoms with E-state index in [4.69, 9.17) is 9.29 Å². The van der Waals surface area contributed by atoms with Crippen LogP contribution in [0, 0.1) is 0 Å². The number of rotatable bonds is 10.